The van der Waals surface area contributed by atoms with Gasteiger partial charge < -0.3 is 10.4 Å². The van der Waals surface area contributed by atoms with E-state index in [1.54, 1.807) is 0 Å². The third kappa shape index (κ3) is 6.30. The molecular weight excluding hydrogens is 381 g/mol. The van der Waals surface area contributed by atoms with Crippen LogP contribution in [0.5, 0.6) is 0 Å². The molecule has 152 valence electrons. The zero-order chi connectivity index (χ0) is 20.9. The lowest BCUT2D eigenvalue weighted by atomic mass is 9.95. The van der Waals surface area contributed by atoms with Crippen molar-refractivity contribution in [3.05, 3.63) is 70.3 Å². The van der Waals surface area contributed by atoms with Crippen molar-refractivity contribution in [2.24, 2.45) is 0 Å². The van der Waals surface area contributed by atoms with Gasteiger partial charge in [0.25, 0.3) is 0 Å². The van der Waals surface area contributed by atoms with Gasteiger partial charge in [0.2, 0.25) is 0 Å². The van der Waals surface area contributed by atoms with Crippen LogP contribution in [0.25, 0.3) is 0 Å². The molecule has 0 saturated carbocycles. The van der Waals surface area contributed by atoms with E-state index in [1.807, 2.05) is 6.07 Å². The number of halogens is 5. The SMILES string of the molecule is C[C@H]1Cc2ccc(Cc3cc(F)ccc3F)cc2CCN1.O=C(O)C(F)(F)F. The third-order valence-electron chi connectivity index (χ3n) is 4.33. The highest BCUT2D eigenvalue weighted by atomic mass is 19.4. The molecule has 0 spiro atoms. The van der Waals surface area contributed by atoms with Crippen LogP contribution >= 0.6 is 0 Å². The summed E-state index contributed by atoms with van der Waals surface area (Å²) in [6, 6.07) is 10.4. The van der Waals surface area contributed by atoms with Crippen molar-refractivity contribution in [1.29, 1.82) is 0 Å². The molecule has 3 nitrogen and oxygen atoms in total. The number of carboxylic acid groups (broad SMARTS) is 1. The molecule has 3 rings (SSSR count). The van der Waals surface area contributed by atoms with Crippen LogP contribution in [-0.4, -0.2) is 29.8 Å². The topological polar surface area (TPSA) is 49.3 Å². The van der Waals surface area contributed by atoms with Crippen molar-refractivity contribution in [2.75, 3.05) is 6.54 Å². The largest absolute Gasteiger partial charge is 0.490 e. The maximum atomic E-state index is 13.7. The van der Waals surface area contributed by atoms with Crippen LogP contribution in [0.2, 0.25) is 0 Å². The first-order valence-corrected chi connectivity index (χ1v) is 8.64. The molecule has 2 N–H and O–H groups in total. The lowest BCUT2D eigenvalue weighted by molar-refractivity contribution is -0.192. The van der Waals surface area contributed by atoms with E-state index in [-0.39, 0.29) is 11.6 Å². The van der Waals surface area contributed by atoms with Crippen LogP contribution in [0.15, 0.2) is 36.4 Å². The maximum Gasteiger partial charge on any atom is 0.490 e. The molecule has 0 unspecified atom stereocenters. The van der Waals surface area contributed by atoms with Crippen LogP contribution in [0.1, 0.15) is 29.2 Å². The first-order chi connectivity index (χ1) is 13.1. The van der Waals surface area contributed by atoms with Crippen molar-refractivity contribution in [1.82, 2.24) is 5.32 Å². The molecule has 28 heavy (non-hydrogen) atoms. The number of aliphatic carboxylic acids is 1. The Labute approximate surface area is 159 Å². The maximum absolute atomic E-state index is 13.7. The summed E-state index contributed by atoms with van der Waals surface area (Å²) >= 11 is 0. The average molecular weight is 401 g/mol. The van der Waals surface area contributed by atoms with Gasteiger partial charge in [-0.15, -0.1) is 0 Å². The molecule has 8 heteroatoms. The Kier molecular flexibility index (Phi) is 7.12. The fourth-order valence-electron chi connectivity index (χ4n) is 2.98. The Morgan fingerprint density at radius 1 is 1.14 bits per heavy atom. The molecule has 1 atom stereocenters. The molecule has 1 aliphatic rings. The summed E-state index contributed by atoms with van der Waals surface area (Å²) in [5.74, 6) is -3.49. The van der Waals surface area contributed by atoms with E-state index >= 15 is 0 Å². The van der Waals surface area contributed by atoms with E-state index in [4.69, 9.17) is 9.90 Å². The second kappa shape index (κ2) is 9.14. The normalized spacial score (nSPS) is 16.4. The van der Waals surface area contributed by atoms with E-state index in [0.29, 0.717) is 18.0 Å². The number of alkyl halides is 3. The van der Waals surface area contributed by atoms with Gasteiger partial charge >= 0.3 is 12.1 Å². The second-order valence-corrected chi connectivity index (χ2v) is 6.63. The van der Waals surface area contributed by atoms with Gasteiger partial charge in [-0.1, -0.05) is 18.2 Å². The first-order valence-electron chi connectivity index (χ1n) is 8.64. The van der Waals surface area contributed by atoms with E-state index in [0.717, 1.165) is 31.0 Å². The number of hydrogen-bond acceptors (Lipinski definition) is 2. The van der Waals surface area contributed by atoms with E-state index in [2.05, 4.69) is 24.4 Å². The fraction of sp³-hybridized carbons (Fsp3) is 0.350. The van der Waals surface area contributed by atoms with E-state index in [1.165, 1.54) is 23.3 Å². The summed E-state index contributed by atoms with van der Waals surface area (Å²) < 4.78 is 58.7. The third-order valence-corrected chi connectivity index (χ3v) is 4.33. The Hall–Kier alpha value is -2.48. The highest BCUT2D eigenvalue weighted by Crippen LogP contribution is 2.21. The van der Waals surface area contributed by atoms with Crippen molar-refractivity contribution in [3.63, 3.8) is 0 Å². The van der Waals surface area contributed by atoms with Crippen LogP contribution < -0.4 is 5.32 Å². The summed E-state index contributed by atoms with van der Waals surface area (Å²) in [4.78, 5) is 8.90. The van der Waals surface area contributed by atoms with Crippen LogP contribution in [0.4, 0.5) is 22.0 Å². The zero-order valence-electron chi connectivity index (χ0n) is 15.1. The molecule has 0 radical (unpaired) electrons. The Balaban J connectivity index is 0.000000345. The Bertz CT molecular complexity index is 836. The first kappa shape index (κ1) is 21.8. The predicted octanol–water partition coefficient (Wildman–Crippen LogP) is 4.27. The summed E-state index contributed by atoms with van der Waals surface area (Å²) in [5.41, 5.74) is 4.12. The number of fused-ring (bicyclic) bond motifs is 1. The van der Waals surface area contributed by atoms with Gasteiger partial charge in [0.05, 0.1) is 0 Å². The Morgan fingerprint density at radius 2 is 1.82 bits per heavy atom. The molecule has 0 amide bonds. The quantitative estimate of drug-likeness (QED) is 0.740. The summed E-state index contributed by atoms with van der Waals surface area (Å²) in [6.45, 7) is 3.15. The average Bonchev–Trinajstić information content (AvgIpc) is 2.78. The number of carbonyl (C=O) groups is 1. The van der Waals surface area contributed by atoms with Gasteiger partial charge in [-0.2, -0.15) is 13.2 Å². The van der Waals surface area contributed by atoms with Crippen molar-refractivity contribution < 1.29 is 31.9 Å². The number of hydrogen-bond donors (Lipinski definition) is 2. The predicted molar refractivity (Wildman–Crippen MR) is 94.2 cm³/mol. The van der Waals surface area contributed by atoms with Gasteiger partial charge in [-0.25, -0.2) is 13.6 Å². The summed E-state index contributed by atoms with van der Waals surface area (Å²) in [7, 11) is 0. The van der Waals surface area contributed by atoms with Gasteiger partial charge in [0, 0.05) is 12.5 Å². The number of benzene rings is 2. The zero-order valence-corrected chi connectivity index (χ0v) is 15.1. The lowest BCUT2D eigenvalue weighted by Gasteiger charge is -2.11. The molecule has 0 bridgehead atoms. The van der Waals surface area contributed by atoms with Crippen LogP contribution in [-0.2, 0) is 24.1 Å². The molecule has 1 aliphatic heterocycles. The number of carboxylic acids is 1. The molecule has 0 aliphatic carbocycles. The highest BCUT2D eigenvalue weighted by molar-refractivity contribution is 5.73. The molecule has 2 aromatic carbocycles. The molecular formula is C20H20F5NO2. The second-order valence-electron chi connectivity index (χ2n) is 6.63. The molecule has 0 fully saturated rings. The van der Waals surface area contributed by atoms with Crippen molar-refractivity contribution in [2.45, 2.75) is 38.4 Å². The standard InChI is InChI=1S/C18H19F2N.C2HF3O2/c1-12-8-14-3-2-13(9-15(14)6-7-21-12)10-16-11-17(19)4-5-18(16)20;3-2(4,5)1(6)7/h2-5,9,11-12,21H,6-8,10H2,1H3;(H,6,7)/t12-;/m0./s1. The minimum atomic E-state index is -5.08. The monoisotopic (exact) mass is 401 g/mol. The smallest absolute Gasteiger partial charge is 0.475 e. The van der Waals surface area contributed by atoms with Gasteiger partial charge in [0.1, 0.15) is 11.6 Å². The van der Waals surface area contributed by atoms with Gasteiger partial charge in [-0.05, 0) is 66.8 Å². The lowest BCUT2D eigenvalue weighted by Crippen LogP contribution is -2.27. The van der Waals surface area contributed by atoms with Crippen molar-refractivity contribution in [3.8, 4) is 0 Å². The summed E-state index contributed by atoms with van der Waals surface area (Å²) in [6.07, 6.45) is -2.65. The highest BCUT2D eigenvalue weighted by Gasteiger charge is 2.38. The van der Waals surface area contributed by atoms with Gasteiger partial charge in [0.15, 0.2) is 0 Å². The summed E-state index contributed by atoms with van der Waals surface area (Å²) in [5, 5.41) is 10.6. The Morgan fingerprint density at radius 3 is 2.46 bits per heavy atom. The van der Waals surface area contributed by atoms with Crippen LogP contribution in [0, 0.1) is 11.6 Å². The molecule has 0 saturated heterocycles. The minimum Gasteiger partial charge on any atom is -0.475 e. The van der Waals surface area contributed by atoms with Gasteiger partial charge in [-0.3, -0.25) is 0 Å². The van der Waals surface area contributed by atoms with E-state index in [9.17, 15) is 22.0 Å². The number of rotatable bonds is 2. The molecule has 0 aromatic heterocycles. The van der Waals surface area contributed by atoms with E-state index < -0.39 is 12.1 Å². The molecule has 2 aromatic rings. The molecule has 1 heterocycles. The van der Waals surface area contributed by atoms with Crippen molar-refractivity contribution >= 4 is 5.97 Å². The fourth-order valence-corrected chi connectivity index (χ4v) is 2.98. The number of nitrogens with one attached hydrogen (secondary N) is 1. The minimum absolute atomic E-state index is 0.346. The van der Waals surface area contributed by atoms with Crippen LogP contribution in [0.3, 0.4) is 0 Å².